The van der Waals surface area contributed by atoms with E-state index < -0.39 is 0 Å². The number of urea groups is 1. The Kier molecular flexibility index (Phi) is 5.48. The summed E-state index contributed by atoms with van der Waals surface area (Å²) in [7, 11) is 1.60. The molecule has 0 fully saturated rings. The second-order valence-corrected chi connectivity index (χ2v) is 4.86. The quantitative estimate of drug-likeness (QED) is 0.886. The maximum atomic E-state index is 12.5. The van der Waals surface area contributed by atoms with Crippen molar-refractivity contribution in [3.8, 4) is 0 Å². The van der Waals surface area contributed by atoms with Gasteiger partial charge in [-0.25, -0.2) is 4.79 Å². The second-order valence-electron chi connectivity index (χ2n) is 4.86. The Morgan fingerprint density at radius 2 is 2.23 bits per heavy atom. The van der Waals surface area contributed by atoms with Crippen molar-refractivity contribution in [1.82, 2.24) is 15.0 Å². The number of nitrogens with zero attached hydrogens (tertiary/aromatic N) is 3. The summed E-state index contributed by atoms with van der Waals surface area (Å²) >= 11 is 0. The normalized spacial score (nSPS) is 10.5. The number of methoxy groups -OCH3 is 1. The van der Waals surface area contributed by atoms with Gasteiger partial charge in [0.05, 0.1) is 18.8 Å². The molecule has 0 aliphatic rings. The fourth-order valence-electron chi connectivity index (χ4n) is 1.99. The molecular weight excluding hydrogens is 284 g/mol. The standard InChI is InChI=1S/C15H20N4O3/c1-11-14(12(2)22-18-11)17-15(20)19(8-9-21-3)10-13-6-4-5-7-16-13/h4-7H,8-10H2,1-3H3,(H,17,20). The number of carbonyl (C=O) groups is 1. The molecule has 2 aromatic heterocycles. The van der Waals surface area contributed by atoms with Crippen molar-refractivity contribution in [2.45, 2.75) is 20.4 Å². The minimum absolute atomic E-state index is 0.239. The third kappa shape index (κ3) is 4.05. The molecular formula is C15H20N4O3. The van der Waals surface area contributed by atoms with Crippen molar-refractivity contribution < 1.29 is 14.1 Å². The average molecular weight is 304 g/mol. The van der Waals surface area contributed by atoms with Crippen molar-refractivity contribution in [3.63, 3.8) is 0 Å². The monoisotopic (exact) mass is 304 g/mol. The fourth-order valence-corrected chi connectivity index (χ4v) is 1.99. The van der Waals surface area contributed by atoms with Gasteiger partial charge in [-0.3, -0.25) is 4.98 Å². The van der Waals surface area contributed by atoms with Crippen LogP contribution in [-0.4, -0.2) is 41.3 Å². The van der Waals surface area contributed by atoms with Crippen LogP contribution in [0.5, 0.6) is 0 Å². The first-order chi connectivity index (χ1) is 10.6. The maximum absolute atomic E-state index is 12.5. The molecule has 1 N–H and O–H groups in total. The van der Waals surface area contributed by atoms with Crippen molar-refractivity contribution in [2.75, 3.05) is 25.6 Å². The first-order valence-electron chi connectivity index (χ1n) is 6.99. The van der Waals surface area contributed by atoms with Gasteiger partial charge in [0.2, 0.25) is 0 Å². The van der Waals surface area contributed by atoms with E-state index in [1.54, 1.807) is 32.1 Å². The van der Waals surface area contributed by atoms with Crippen molar-refractivity contribution in [2.24, 2.45) is 0 Å². The molecule has 7 nitrogen and oxygen atoms in total. The van der Waals surface area contributed by atoms with Crippen LogP contribution in [0.4, 0.5) is 10.5 Å². The SMILES string of the molecule is COCCN(Cc1ccccn1)C(=O)Nc1c(C)noc1C. The average Bonchev–Trinajstić information content (AvgIpc) is 2.84. The largest absolute Gasteiger partial charge is 0.383 e. The minimum Gasteiger partial charge on any atom is -0.383 e. The summed E-state index contributed by atoms with van der Waals surface area (Å²) in [6.45, 7) is 4.85. The Morgan fingerprint density at radius 1 is 1.41 bits per heavy atom. The number of hydrogen-bond acceptors (Lipinski definition) is 5. The lowest BCUT2D eigenvalue weighted by molar-refractivity contribution is 0.152. The number of aromatic nitrogens is 2. The van der Waals surface area contributed by atoms with Crippen LogP contribution in [0.2, 0.25) is 0 Å². The van der Waals surface area contributed by atoms with Crippen LogP contribution in [0, 0.1) is 13.8 Å². The highest BCUT2D eigenvalue weighted by atomic mass is 16.5. The van der Waals surface area contributed by atoms with E-state index in [9.17, 15) is 4.79 Å². The lowest BCUT2D eigenvalue weighted by atomic mass is 10.3. The van der Waals surface area contributed by atoms with Crippen LogP contribution in [0.1, 0.15) is 17.1 Å². The van der Waals surface area contributed by atoms with Crippen LogP contribution in [0.25, 0.3) is 0 Å². The number of amides is 2. The molecule has 2 rings (SSSR count). The highest BCUT2D eigenvalue weighted by Crippen LogP contribution is 2.19. The molecule has 0 aromatic carbocycles. The molecule has 2 amide bonds. The van der Waals surface area contributed by atoms with Gasteiger partial charge in [0, 0.05) is 19.9 Å². The van der Waals surface area contributed by atoms with E-state index in [1.807, 2.05) is 18.2 Å². The van der Waals surface area contributed by atoms with Gasteiger partial charge in [-0.05, 0) is 26.0 Å². The van der Waals surface area contributed by atoms with E-state index in [4.69, 9.17) is 9.26 Å². The summed E-state index contributed by atoms with van der Waals surface area (Å²) in [6.07, 6.45) is 1.70. The molecule has 0 radical (unpaired) electrons. The van der Waals surface area contributed by atoms with Crippen molar-refractivity contribution in [3.05, 3.63) is 41.5 Å². The molecule has 7 heteroatoms. The number of pyridine rings is 1. The summed E-state index contributed by atoms with van der Waals surface area (Å²) in [4.78, 5) is 18.4. The number of anilines is 1. The molecule has 0 saturated heterocycles. The molecule has 0 atom stereocenters. The zero-order valence-electron chi connectivity index (χ0n) is 13.0. The summed E-state index contributed by atoms with van der Waals surface area (Å²) in [5.41, 5.74) is 2.07. The predicted molar refractivity (Wildman–Crippen MR) is 81.5 cm³/mol. The first-order valence-corrected chi connectivity index (χ1v) is 6.99. The second kappa shape index (κ2) is 7.56. The number of carbonyl (C=O) groups excluding carboxylic acids is 1. The van der Waals surface area contributed by atoms with Gasteiger partial charge < -0.3 is 19.5 Å². The summed E-state index contributed by atoms with van der Waals surface area (Å²) < 4.78 is 10.1. The minimum atomic E-state index is -0.239. The number of ether oxygens (including phenoxy) is 1. The van der Waals surface area contributed by atoms with Gasteiger partial charge >= 0.3 is 6.03 Å². The summed E-state index contributed by atoms with van der Waals surface area (Å²) in [6, 6.07) is 5.37. The number of rotatable bonds is 6. The zero-order valence-corrected chi connectivity index (χ0v) is 13.0. The van der Waals surface area contributed by atoms with Crippen LogP contribution >= 0.6 is 0 Å². The molecule has 0 saturated carbocycles. The van der Waals surface area contributed by atoms with Crippen LogP contribution in [0.15, 0.2) is 28.9 Å². The molecule has 2 aromatic rings. The molecule has 0 bridgehead atoms. The predicted octanol–water partition coefficient (Wildman–Crippen LogP) is 2.37. The Hall–Kier alpha value is -2.41. The van der Waals surface area contributed by atoms with Gasteiger partial charge in [-0.15, -0.1) is 0 Å². The third-order valence-electron chi connectivity index (χ3n) is 3.20. The molecule has 0 spiro atoms. The molecule has 2 heterocycles. The Balaban J connectivity index is 2.09. The van der Waals surface area contributed by atoms with Gasteiger partial charge in [0.1, 0.15) is 11.4 Å². The lowest BCUT2D eigenvalue weighted by Gasteiger charge is -2.22. The Bertz CT molecular complexity index is 593. The van der Waals surface area contributed by atoms with Crippen molar-refractivity contribution >= 4 is 11.7 Å². The highest BCUT2D eigenvalue weighted by Gasteiger charge is 2.18. The lowest BCUT2D eigenvalue weighted by Crippen LogP contribution is -2.37. The molecule has 0 aliphatic heterocycles. The van der Waals surface area contributed by atoms with Gasteiger partial charge in [-0.1, -0.05) is 11.2 Å². The van der Waals surface area contributed by atoms with E-state index in [2.05, 4.69) is 15.5 Å². The first kappa shape index (κ1) is 16.0. The van der Waals surface area contributed by atoms with E-state index in [0.29, 0.717) is 36.8 Å². The fraction of sp³-hybridized carbons (Fsp3) is 0.400. The van der Waals surface area contributed by atoms with Crippen LogP contribution in [-0.2, 0) is 11.3 Å². The van der Waals surface area contributed by atoms with E-state index in [-0.39, 0.29) is 6.03 Å². The maximum Gasteiger partial charge on any atom is 0.322 e. The Labute approximate surface area is 129 Å². The van der Waals surface area contributed by atoms with Gasteiger partial charge in [0.15, 0.2) is 5.76 Å². The highest BCUT2D eigenvalue weighted by molar-refractivity contribution is 5.90. The van der Waals surface area contributed by atoms with Gasteiger partial charge in [0.25, 0.3) is 0 Å². The zero-order chi connectivity index (χ0) is 15.9. The number of hydrogen-bond donors (Lipinski definition) is 1. The number of nitrogens with one attached hydrogen (secondary N) is 1. The van der Waals surface area contributed by atoms with Crippen LogP contribution < -0.4 is 5.32 Å². The van der Waals surface area contributed by atoms with Gasteiger partial charge in [-0.2, -0.15) is 0 Å². The van der Waals surface area contributed by atoms with E-state index in [0.717, 1.165) is 5.69 Å². The number of aryl methyl sites for hydroxylation is 2. The van der Waals surface area contributed by atoms with E-state index in [1.165, 1.54) is 0 Å². The molecule has 22 heavy (non-hydrogen) atoms. The summed E-state index contributed by atoms with van der Waals surface area (Å²) in [5.74, 6) is 0.579. The van der Waals surface area contributed by atoms with E-state index >= 15 is 0 Å². The molecule has 0 aliphatic carbocycles. The topological polar surface area (TPSA) is 80.5 Å². The molecule has 118 valence electrons. The smallest absolute Gasteiger partial charge is 0.322 e. The van der Waals surface area contributed by atoms with Crippen molar-refractivity contribution in [1.29, 1.82) is 0 Å². The third-order valence-corrected chi connectivity index (χ3v) is 3.20. The van der Waals surface area contributed by atoms with Crippen LogP contribution in [0.3, 0.4) is 0 Å². The summed E-state index contributed by atoms with van der Waals surface area (Å²) in [5, 5.41) is 6.66. The Morgan fingerprint density at radius 3 is 2.82 bits per heavy atom. The molecule has 0 unspecified atom stereocenters.